The summed E-state index contributed by atoms with van der Waals surface area (Å²) in [4.78, 5) is 0. The van der Waals surface area contributed by atoms with Crippen molar-refractivity contribution in [1.29, 1.82) is 0 Å². The molecule has 0 bridgehead atoms. The van der Waals surface area contributed by atoms with Crippen molar-refractivity contribution in [1.82, 2.24) is 0 Å². The Morgan fingerprint density at radius 2 is 0.761 bits per heavy atom. The van der Waals surface area contributed by atoms with Crippen LogP contribution in [0.5, 0.6) is 0 Å². The average Bonchev–Trinajstić information content (AvgIpc) is 3.13. The first-order chi connectivity index (χ1) is 22.5. The van der Waals surface area contributed by atoms with Gasteiger partial charge in [0.2, 0.25) is 0 Å². The lowest BCUT2D eigenvalue weighted by atomic mass is 9.74. The molecule has 0 spiro atoms. The van der Waals surface area contributed by atoms with Crippen LogP contribution in [0.2, 0.25) is 13.4 Å². The largest absolute Gasteiger partial charge is 0.156 e. The predicted octanol–water partition coefficient (Wildman–Crippen LogP) is 9.67. The fourth-order valence-corrected chi connectivity index (χ4v) is 14.7. The lowest BCUT2D eigenvalue weighted by Gasteiger charge is -2.28. The molecule has 0 aromatic heterocycles. The van der Waals surface area contributed by atoms with Gasteiger partial charge >= 0.3 is 0 Å². The van der Waals surface area contributed by atoms with E-state index in [1.165, 1.54) is 72.7 Å². The van der Waals surface area contributed by atoms with E-state index in [9.17, 15) is 0 Å². The molecule has 0 aliphatic rings. The van der Waals surface area contributed by atoms with Crippen LogP contribution in [0.25, 0.3) is 0 Å². The number of unbranched alkanes of at least 4 members (excludes halogenated alkanes) is 4. The van der Waals surface area contributed by atoms with Crippen LogP contribution in [0, 0.1) is 0 Å². The van der Waals surface area contributed by atoms with Gasteiger partial charge in [-0.25, -0.2) is 0 Å². The minimum Gasteiger partial charge on any atom is -0.0898 e. The highest BCUT2D eigenvalue weighted by molar-refractivity contribution is 7.75. The molecule has 0 fully saturated rings. The average molecular weight is 648 g/mol. The lowest BCUT2D eigenvalue weighted by Crippen LogP contribution is -2.63. The lowest BCUT2D eigenvalue weighted by molar-refractivity contribution is 0.814. The van der Waals surface area contributed by atoms with Crippen LogP contribution in [0.1, 0.15) is 79.1 Å². The molecule has 0 unspecified atom stereocenters. The third kappa shape index (κ3) is 14.6. The van der Waals surface area contributed by atoms with E-state index >= 15 is 0 Å². The monoisotopic (exact) mass is 647 g/mol. The SMILES string of the molecule is CCCC[P+](CCCC)(CCCC)CCCC.C[B]c1ccccc1.C[Si]([B]c1ccccc1)(c1ccccc1)c1ccccc1. The van der Waals surface area contributed by atoms with E-state index in [-0.39, 0.29) is 0 Å². The van der Waals surface area contributed by atoms with E-state index < -0.39 is 15.2 Å². The van der Waals surface area contributed by atoms with E-state index in [1.807, 2.05) is 25.0 Å². The normalized spacial score (nSPS) is 11.0. The van der Waals surface area contributed by atoms with Crippen LogP contribution in [-0.2, 0) is 0 Å². The first-order valence-electron chi connectivity index (χ1n) is 18.2. The van der Waals surface area contributed by atoms with Gasteiger partial charge in [0.15, 0.2) is 6.87 Å². The fourth-order valence-electron chi connectivity index (χ4n) is 6.08. The van der Waals surface area contributed by atoms with Crippen molar-refractivity contribution in [3.63, 3.8) is 0 Å². The highest BCUT2D eigenvalue weighted by Crippen LogP contribution is 2.61. The van der Waals surface area contributed by atoms with Crippen molar-refractivity contribution >= 4 is 50.7 Å². The Balaban J connectivity index is 0.000000264. The second-order valence-corrected chi connectivity index (χ2v) is 21.2. The maximum absolute atomic E-state index is 2.48. The summed E-state index contributed by atoms with van der Waals surface area (Å²) in [5.41, 5.74) is 2.59. The Kier molecular flexibility index (Phi) is 20.7. The molecule has 0 atom stereocenters. The van der Waals surface area contributed by atoms with E-state index in [2.05, 4.69) is 152 Å². The molecule has 0 saturated heterocycles. The molecule has 4 rings (SSSR count). The van der Waals surface area contributed by atoms with Crippen LogP contribution >= 0.6 is 7.26 Å². The molecule has 4 heteroatoms. The molecule has 0 aliphatic heterocycles. The van der Waals surface area contributed by atoms with Gasteiger partial charge in [-0.15, -0.1) is 0 Å². The smallest absolute Gasteiger partial charge is 0.0898 e. The third-order valence-electron chi connectivity index (χ3n) is 9.08. The van der Waals surface area contributed by atoms with E-state index in [1.54, 1.807) is 24.6 Å². The van der Waals surface area contributed by atoms with Gasteiger partial charge in [-0.1, -0.05) is 209 Å². The zero-order valence-corrected chi connectivity index (χ0v) is 32.0. The molecular formula is C42H62B2PSi+. The van der Waals surface area contributed by atoms with Crippen molar-refractivity contribution in [3.05, 3.63) is 121 Å². The van der Waals surface area contributed by atoms with Crippen LogP contribution in [0.15, 0.2) is 121 Å². The van der Waals surface area contributed by atoms with Crippen LogP contribution < -0.4 is 21.3 Å². The molecule has 4 aromatic carbocycles. The first kappa shape index (κ1) is 39.8. The highest BCUT2D eigenvalue weighted by atomic mass is 31.2. The van der Waals surface area contributed by atoms with E-state index in [0.717, 1.165) is 0 Å². The third-order valence-corrected chi connectivity index (χ3v) is 18.1. The maximum atomic E-state index is 2.48. The van der Waals surface area contributed by atoms with Gasteiger partial charge in [0.05, 0.1) is 32.6 Å². The number of hydrogen-bond acceptors (Lipinski definition) is 0. The summed E-state index contributed by atoms with van der Waals surface area (Å²) in [6.45, 7) is 16.4. The summed E-state index contributed by atoms with van der Waals surface area (Å²) in [5, 5.41) is 2.89. The molecule has 4 aromatic rings. The van der Waals surface area contributed by atoms with Gasteiger partial charge in [0.1, 0.15) is 7.28 Å². The summed E-state index contributed by atoms with van der Waals surface area (Å²) in [6, 6.07) is 42.7. The molecular weight excluding hydrogens is 585 g/mol. The summed E-state index contributed by atoms with van der Waals surface area (Å²) in [5.74, 6) is 0. The predicted molar refractivity (Wildman–Crippen MR) is 219 cm³/mol. The second kappa shape index (κ2) is 23.9. The standard InChI is InChI=1S/C19H18BSi.C16H36P.C7H8B/c1-21(18-13-7-3-8-14-18,19-15-9-4-10-16-19)20-17-11-5-2-6-12-17;1-5-9-13-17(14-10-6-2,15-11-7-3)16-12-8-4;1-8-7-5-3-2-4-6-7/h2-16H,1H3;5-16H2,1-4H3;2-6H,1H3/q;+1;. The minimum atomic E-state index is -1.87. The Bertz CT molecular complexity index is 1180. The fraction of sp³-hybridized carbons (Fsp3) is 0.429. The van der Waals surface area contributed by atoms with Gasteiger partial charge in [0.25, 0.3) is 0 Å². The Morgan fingerprint density at radius 3 is 1.04 bits per heavy atom. The quantitative estimate of drug-likeness (QED) is 0.0791. The van der Waals surface area contributed by atoms with Gasteiger partial charge in [-0.05, 0) is 25.7 Å². The summed E-state index contributed by atoms with van der Waals surface area (Å²) in [7, 11) is -0.346. The summed E-state index contributed by atoms with van der Waals surface area (Å²) < 4.78 is 0. The summed E-state index contributed by atoms with van der Waals surface area (Å²) >= 11 is 0. The van der Waals surface area contributed by atoms with Crippen molar-refractivity contribution in [2.75, 3.05) is 24.6 Å². The highest BCUT2D eigenvalue weighted by Gasteiger charge is 2.34. The van der Waals surface area contributed by atoms with Crippen molar-refractivity contribution < 1.29 is 0 Å². The molecule has 244 valence electrons. The zero-order valence-electron chi connectivity index (χ0n) is 30.1. The van der Waals surface area contributed by atoms with Gasteiger partial charge in [-0.3, -0.25) is 0 Å². The minimum absolute atomic E-state index is 0.562. The molecule has 0 N–H and O–H groups in total. The van der Waals surface area contributed by atoms with Crippen LogP contribution in [-0.4, -0.2) is 46.7 Å². The molecule has 0 nitrogen and oxygen atoms in total. The molecule has 0 heterocycles. The van der Waals surface area contributed by atoms with Crippen molar-refractivity contribution in [3.8, 4) is 0 Å². The van der Waals surface area contributed by atoms with Crippen molar-refractivity contribution in [2.24, 2.45) is 0 Å². The first-order valence-corrected chi connectivity index (χ1v) is 23.3. The molecule has 46 heavy (non-hydrogen) atoms. The Labute approximate surface area is 288 Å². The van der Waals surface area contributed by atoms with Crippen LogP contribution in [0.3, 0.4) is 0 Å². The number of benzene rings is 4. The van der Waals surface area contributed by atoms with Crippen LogP contribution in [0.4, 0.5) is 0 Å². The Hall–Kier alpha value is -2.34. The Morgan fingerprint density at radius 1 is 0.457 bits per heavy atom. The summed E-state index contributed by atoms with van der Waals surface area (Å²) in [6.07, 6.45) is 17.9. The number of hydrogen-bond donors (Lipinski definition) is 0. The molecule has 0 saturated carbocycles. The van der Waals surface area contributed by atoms with Crippen molar-refractivity contribution in [2.45, 2.75) is 92.4 Å². The second-order valence-electron chi connectivity index (χ2n) is 12.8. The molecule has 0 aliphatic carbocycles. The van der Waals surface area contributed by atoms with E-state index in [0.29, 0.717) is 0 Å². The molecule has 0 amide bonds. The topological polar surface area (TPSA) is 0 Å². The van der Waals surface area contributed by atoms with Gasteiger partial charge in [0, 0.05) is 7.26 Å². The maximum Gasteiger partial charge on any atom is 0.156 e. The van der Waals surface area contributed by atoms with Gasteiger partial charge in [-0.2, -0.15) is 0 Å². The van der Waals surface area contributed by atoms with E-state index in [4.69, 9.17) is 0 Å². The number of rotatable bonds is 17. The van der Waals surface area contributed by atoms with Gasteiger partial charge < -0.3 is 0 Å². The zero-order chi connectivity index (χ0) is 33.4. The molecule has 2 radical (unpaired) electrons.